The monoisotopic (exact) mass is 337 g/mol. The Bertz CT molecular complexity index is 836. The molecule has 0 bridgehead atoms. The van der Waals surface area contributed by atoms with Crippen molar-refractivity contribution in [1.82, 2.24) is 10.3 Å². The first-order chi connectivity index (χ1) is 12.2. The topological polar surface area (TPSA) is 86.4 Å². The molecule has 128 valence electrons. The number of anilines is 3. The van der Waals surface area contributed by atoms with Gasteiger partial charge in [0.25, 0.3) is 5.91 Å². The Labute approximate surface area is 145 Å². The van der Waals surface area contributed by atoms with Gasteiger partial charge in [-0.05, 0) is 24.1 Å². The van der Waals surface area contributed by atoms with Gasteiger partial charge >= 0.3 is 0 Å². The van der Waals surface area contributed by atoms with Gasteiger partial charge in [-0.15, -0.1) is 0 Å². The number of hydrogen-bond acceptors (Lipinski definition) is 5. The van der Waals surface area contributed by atoms with Crippen LogP contribution in [0, 0.1) is 0 Å². The van der Waals surface area contributed by atoms with Crippen molar-refractivity contribution in [1.29, 1.82) is 0 Å². The van der Waals surface area contributed by atoms with Crippen molar-refractivity contribution < 1.29 is 9.59 Å². The molecule has 2 aromatic rings. The molecule has 2 amide bonds. The molecule has 0 spiro atoms. The fraction of sp³-hybridized carbons (Fsp3) is 0.278. The van der Waals surface area contributed by atoms with Gasteiger partial charge in [0.05, 0.1) is 17.8 Å². The Hall–Kier alpha value is -3.09. The second kappa shape index (κ2) is 6.43. The molecule has 0 atom stereocenters. The summed E-state index contributed by atoms with van der Waals surface area (Å²) in [6.07, 6.45) is 2.56. The number of benzene rings is 1. The third kappa shape index (κ3) is 3.13. The lowest BCUT2D eigenvalue weighted by molar-refractivity contribution is -0.114. The van der Waals surface area contributed by atoms with Crippen LogP contribution in [-0.2, 0) is 11.2 Å². The highest BCUT2D eigenvalue weighted by Gasteiger charge is 2.19. The van der Waals surface area contributed by atoms with E-state index in [9.17, 15) is 9.59 Å². The molecule has 1 aromatic carbocycles. The molecule has 0 fully saturated rings. The minimum absolute atomic E-state index is 0.139. The van der Waals surface area contributed by atoms with E-state index in [0.717, 1.165) is 19.5 Å². The number of pyridine rings is 1. The first-order valence-electron chi connectivity index (χ1n) is 8.35. The van der Waals surface area contributed by atoms with Crippen LogP contribution in [0.25, 0.3) is 0 Å². The van der Waals surface area contributed by atoms with Crippen molar-refractivity contribution >= 4 is 29.0 Å². The maximum Gasteiger partial charge on any atom is 0.252 e. The lowest BCUT2D eigenvalue weighted by atomic mass is 10.2. The van der Waals surface area contributed by atoms with E-state index in [1.807, 2.05) is 6.07 Å². The Balaban J connectivity index is 1.35. The molecule has 4 rings (SSSR count). The van der Waals surface area contributed by atoms with E-state index >= 15 is 0 Å². The quantitative estimate of drug-likeness (QED) is 0.781. The van der Waals surface area contributed by atoms with Gasteiger partial charge in [0.1, 0.15) is 5.82 Å². The summed E-state index contributed by atoms with van der Waals surface area (Å²) in [5, 5.41) is 8.54. The summed E-state index contributed by atoms with van der Waals surface area (Å²) in [6.45, 7) is 2.49. The number of nitrogens with zero attached hydrogens (tertiary/aromatic N) is 2. The van der Waals surface area contributed by atoms with Crippen LogP contribution in [0.4, 0.5) is 17.2 Å². The zero-order valence-corrected chi connectivity index (χ0v) is 13.7. The number of rotatable bonds is 4. The van der Waals surface area contributed by atoms with Crippen LogP contribution in [0.5, 0.6) is 0 Å². The van der Waals surface area contributed by atoms with Gasteiger partial charge in [0.2, 0.25) is 5.91 Å². The maximum absolute atomic E-state index is 12.3. The van der Waals surface area contributed by atoms with Crippen LogP contribution < -0.4 is 20.9 Å². The third-order valence-electron chi connectivity index (χ3n) is 4.49. The second-order valence-electron chi connectivity index (χ2n) is 6.14. The van der Waals surface area contributed by atoms with Crippen LogP contribution in [0.3, 0.4) is 0 Å². The molecule has 0 saturated heterocycles. The maximum atomic E-state index is 12.3. The van der Waals surface area contributed by atoms with Crippen LogP contribution in [-0.4, -0.2) is 43.0 Å². The fourth-order valence-corrected chi connectivity index (χ4v) is 3.23. The molecule has 3 heterocycles. The van der Waals surface area contributed by atoms with Crippen LogP contribution in [0.15, 0.2) is 36.5 Å². The SMILES string of the molecule is O=C1CNc2ncc(C(=O)NCCN3CCc4ccccc43)cc2N1. The minimum atomic E-state index is -0.192. The summed E-state index contributed by atoms with van der Waals surface area (Å²) in [5.74, 6) is 0.256. The largest absolute Gasteiger partial charge is 0.369 e. The molecule has 2 aliphatic rings. The van der Waals surface area contributed by atoms with Gasteiger partial charge in [0.15, 0.2) is 0 Å². The van der Waals surface area contributed by atoms with E-state index in [1.54, 1.807) is 6.07 Å². The fourth-order valence-electron chi connectivity index (χ4n) is 3.23. The highest BCUT2D eigenvalue weighted by atomic mass is 16.2. The van der Waals surface area contributed by atoms with Crippen LogP contribution in [0.2, 0.25) is 0 Å². The smallest absolute Gasteiger partial charge is 0.252 e. The van der Waals surface area contributed by atoms with Gasteiger partial charge in [-0.3, -0.25) is 9.59 Å². The molecule has 7 heteroatoms. The number of carbonyl (C=O) groups excluding carboxylic acids is 2. The predicted molar refractivity (Wildman–Crippen MR) is 96.0 cm³/mol. The van der Waals surface area contributed by atoms with Gasteiger partial charge in [0, 0.05) is 31.5 Å². The zero-order valence-electron chi connectivity index (χ0n) is 13.7. The van der Waals surface area contributed by atoms with Crippen molar-refractivity contribution in [3.63, 3.8) is 0 Å². The van der Waals surface area contributed by atoms with Crippen molar-refractivity contribution in [3.8, 4) is 0 Å². The highest BCUT2D eigenvalue weighted by Crippen LogP contribution is 2.26. The summed E-state index contributed by atoms with van der Waals surface area (Å²) in [6, 6.07) is 10.0. The molecule has 7 nitrogen and oxygen atoms in total. The Kier molecular flexibility index (Phi) is 3.97. The normalized spacial score (nSPS) is 15.0. The highest BCUT2D eigenvalue weighted by molar-refractivity contribution is 6.02. The molecule has 25 heavy (non-hydrogen) atoms. The number of aromatic nitrogens is 1. The van der Waals surface area contributed by atoms with Gasteiger partial charge < -0.3 is 20.9 Å². The van der Waals surface area contributed by atoms with Gasteiger partial charge in [-0.2, -0.15) is 0 Å². The number of hydrogen-bond donors (Lipinski definition) is 3. The Morgan fingerprint density at radius 3 is 3.12 bits per heavy atom. The summed E-state index contributed by atoms with van der Waals surface area (Å²) >= 11 is 0. The first-order valence-corrected chi connectivity index (χ1v) is 8.35. The molecular weight excluding hydrogens is 318 g/mol. The molecule has 3 N–H and O–H groups in total. The van der Waals surface area contributed by atoms with E-state index in [1.165, 1.54) is 17.4 Å². The summed E-state index contributed by atoms with van der Waals surface area (Å²) < 4.78 is 0. The number of amides is 2. The van der Waals surface area contributed by atoms with E-state index in [2.05, 4.69) is 44.0 Å². The van der Waals surface area contributed by atoms with E-state index < -0.39 is 0 Å². The molecule has 0 saturated carbocycles. The zero-order chi connectivity index (χ0) is 17.2. The molecular formula is C18H19N5O2. The van der Waals surface area contributed by atoms with E-state index in [4.69, 9.17) is 0 Å². The van der Waals surface area contributed by atoms with Gasteiger partial charge in [-0.1, -0.05) is 18.2 Å². The number of para-hydroxylation sites is 1. The van der Waals surface area contributed by atoms with Crippen LogP contribution >= 0.6 is 0 Å². The first kappa shape index (κ1) is 15.4. The van der Waals surface area contributed by atoms with Crippen molar-refractivity contribution in [2.24, 2.45) is 0 Å². The Morgan fingerprint density at radius 2 is 2.20 bits per heavy atom. The molecule has 0 radical (unpaired) electrons. The molecule has 0 unspecified atom stereocenters. The average molecular weight is 337 g/mol. The van der Waals surface area contributed by atoms with Crippen molar-refractivity contribution in [3.05, 3.63) is 47.7 Å². The molecule has 0 aliphatic carbocycles. The Morgan fingerprint density at radius 1 is 1.32 bits per heavy atom. The van der Waals surface area contributed by atoms with Gasteiger partial charge in [-0.25, -0.2) is 4.98 Å². The van der Waals surface area contributed by atoms with Crippen molar-refractivity contribution in [2.45, 2.75) is 6.42 Å². The number of nitrogens with one attached hydrogen (secondary N) is 3. The lowest BCUT2D eigenvalue weighted by Gasteiger charge is -2.20. The number of fused-ring (bicyclic) bond motifs is 2. The number of carbonyl (C=O) groups is 2. The minimum Gasteiger partial charge on any atom is -0.369 e. The third-order valence-corrected chi connectivity index (χ3v) is 4.49. The van der Waals surface area contributed by atoms with E-state index in [-0.39, 0.29) is 18.4 Å². The molecule has 2 aliphatic heterocycles. The lowest BCUT2D eigenvalue weighted by Crippen LogP contribution is -2.34. The van der Waals surface area contributed by atoms with Crippen molar-refractivity contribution in [2.75, 3.05) is 41.7 Å². The molecule has 1 aromatic heterocycles. The summed E-state index contributed by atoms with van der Waals surface area (Å²) in [5.41, 5.74) is 3.58. The standard InChI is InChI=1S/C18H19N5O2/c24-16-11-21-17-14(22-16)9-13(10-20-17)18(25)19-6-8-23-7-5-12-3-1-2-4-15(12)23/h1-4,9-10H,5-8,11H2,(H,19,25)(H,20,21)(H,22,24). The predicted octanol–water partition coefficient (Wildman–Crippen LogP) is 1.24. The summed E-state index contributed by atoms with van der Waals surface area (Å²) in [4.78, 5) is 30.2. The van der Waals surface area contributed by atoms with E-state index in [0.29, 0.717) is 23.6 Å². The van der Waals surface area contributed by atoms with Crippen LogP contribution in [0.1, 0.15) is 15.9 Å². The second-order valence-corrected chi connectivity index (χ2v) is 6.14. The average Bonchev–Trinajstić information content (AvgIpc) is 3.04. The summed E-state index contributed by atoms with van der Waals surface area (Å²) in [7, 11) is 0.